The highest BCUT2D eigenvalue weighted by atomic mass is 32.1. The first-order valence-electron chi connectivity index (χ1n) is 9.62. The van der Waals surface area contributed by atoms with Crippen molar-refractivity contribution in [1.29, 1.82) is 0 Å². The minimum absolute atomic E-state index is 0.165. The van der Waals surface area contributed by atoms with Gasteiger partial charge in [0.2, 0.25) is 5.91 Å². The van der Waals surface area contributed by atoms with Gasteiger partial charge in [0, 0.05) is 0 Å². The molecule has 9 nitrogen and oxygen atoms in total. The van der Waals surface area contributed by atoms with Crippen molar-refractivity contribution in [2.75, 3.05) is 19.0 Å². The van der Waals surface area contributed by atoms with Crippen LogP contribution in [-0.4, -0.2) is 42.3 Å². The number of nitrogens with one attached hydrogen (secondary N) is 2. The van der Waals surface area contributed by atoms with Crippen molar-refractivity contribution in [3.8, 4) is 5.75 Å². The highest BCUT2D eigenvalue weighted by Crippen LogP contribution is 2.32. The summed E-state index contributed by atoms with van der Waals surface area (Å²) in [4.78, 5) is 50.5. The van der Waals surface area contributed by atoms with Crippen LogP contribution in [0.5, 0.6) is 5.75 Å². The second kappa shape index (κ2) is 7.97. The molecule has 1 saturated heterocycles. The number of hydrogen-bond acceptors (Lipinski definition) is 6. The number of carbonyl (C=O) groups excluding carboxylic acids is 4. The van der Waals surface area contributed by atoms with Crippen LogP contribution >= 0.6 is 11.3 Å². The standard InChI is InChI=1S/C22H20N4O5S/c1-22(14-5-3-13-10-15(31-2)6-4-12(13)9-14)20(29)26(21(30)25-22)11-17(27)24-19-16(18(23)28)7-8-32-19/h3-10H,11H2,1-2H3,(H2,23,28)(H,24,27)(H,25,30). The summed E-state index contributed by atoms with van der Waals surface area (Å²) in [5, 5.41) is 8.89. The van der Waals surface area contributed by atoms with E-state index in [1.165, 1.54) is 6.07 Å². The molecule has 5 amide bonds. The molecule has 0 aliphatic carbocycles. The van der Waals surface area contributed by atoms with Gasteiger partial charge in [0.1, 0.15) is 22.8 Å². The van der Waals surface area contributed by atoms with Crippen LogP contribution < -0.4 is 21.1 Å². The van der Waals surface area contributed by atoms with Gasteiger partial charge in [0.05, 0.1) is 12.7 Å². The molecule has 1 aromatic heterocycles. The Hall–Kier alpha value is -3.92. The molecule has 0 spiro atoms. The second-order valence-corrected chi connectivity index (χ2v) is 8.37. The van der Waals surface area contributed by atoms with Gasteiger partial charge in [-0.2, -0.15) is 0 Å². The van der Waals surface area contributed by atoms with Gasteiger partial charge in [-0.3, -0.25) is 19.3 Å². The number of urea groups is 1. The van der Waals surface area contributed by atoms with Crippen molar-refractivity contribution in [2.24, 2.45) is 5.73 Å². The molecule has 0 radical (unpaired) electrons. The van der Waals surface area contributed by atoms with E-state index in [1.54, 1.807) is 25.5 Å². The molecule has 0 saturated carbocycles. The van der Waals surface area contributed by atoms with Crippen LogP contribution in [0, 0.1) is 0 Å². The molecule has 0 bridgehead atoms. The number of anilines is 1. The van der Waals surface area contributed by atoms with Crippen molar-refractivity contribution in [2.45, 2.75) is 12.5 Å². The van der Waals surface area contributed by atoms with Crippen LogP contribution in [0.3, 0.4) is 0 Å². The number of benzene rings is 2. The first kappa shape index (κ1) is 21.3. The lowest BCUT2D eigenvalue weighted by molar-refractivity contribution is -0.133. The molecule has 1 atom stereocenters. The first-order chi connectivity index (χ1) is 15.2. The lowest BCUT2D eigenvalue weighted by Gasteiger charge is -2.22. The Bertz CT molecular complexity index is 1270. The summed E-state index contributed by atoms with van der Waals surface area (Å²) in [5.74, 6) is -1.14. The van der Waals surface area contributed by atoms with Crippen molar-refractivity contribution < 1.29 is 23.9 Å². The van der Waals surface area contributed by atoms with E-state index in [9.17, 15) is 19.2 Å². The fraction of sp³-hybridized carbons (Fsp3) is 0.182. The number of nitrogens with zero attached hydrogens (tertiary/aromatic N) is 1. The Labute approximate surface area is 187 Å². The topological polar surface area (TPSA) is 131 Å². The fourth-order valence-electron chi connectivity index (χ4n) is 3.61. The number of hydrogen-bond donors (Lipinski definition) is 3. The van der Waals surface area contributed by atoms with Crippen LogP contribution in [0.4, 0.5) is 9.80 Å². The number of fused-ring (bicyclic) bond motifs is 1. The monoisotopic (exact) mass is 452 g/mol. The van der Waals surface area contributed by atoms with Gasteiger partial charge in [-0.25, -0.2) is 4.79 Å². The van der Waals surface area contributed by atoms with E-state index >= 15 is 0 Å². The third-order valence-electron chi connectivity index (χ3n) is 5.39. The average molecular weight is 452 g/mol. The molecular formula is C22H20N4O5S. The Balaban J connectivity index is 1.55. The highest BCUT2D eigenvalue weighted by molar-refractivity contribution is 7.14. The van der Waals surface area contributed by atoms with E-state index in [0.29, 0.717) is 11.3 Å². The molecule has 1 fully saturated rings. The summed E-state index contributed by atoms with van der Waals surface area (Å²) in [5.41, 5.74) is 4.71. The number of imide groups is 1. The smallest absolute Gasteiger partial charge is 0.325 e. The van der Waals surface area contributed by atoms with Crippen molar-refractivity contribution in [3.63, 3.8) is 0 Å². The lowest BCUT2D eigenvalue weighted by atomic mass is 9.90. The number of ether oxygens (including phenoxy) is 1. The largest absolute Gasteiger partial charge is 0.497 e. The maximum absolute atomic E-state index is 13.2. The summed E-state index contributed by atoms with van der Waals surface area (Å²) < 4.78 is 5.23. The third-order valence-corrected chi connectivity index (χ3v) is 6.21. The molecule has 4 rings (SSSR count). The van der Waals surface area contributed by atoms with Crippen molar-refractivity contribution in [3.05, 3.63) is 59.0 Å². The van der Waals surface area contributed by atoms with Gasteiger partial charge in [0.25, 0.3) is 11.8 Å². The van der Waals surface area contributed by atoms with Crippen LogP contribution in [0.25, 0.3) is 10.8 Å². The summed E-state index contributed by atoms with van der Waals surface area (Å²) >= 11 is 1.12. The van der Waals surface area contributed by atoms with E-state index in [2.05, 4.69) is 10.6 Å². The first-order valence-corrected chi connectivity index (χ1v) is 10.5. The number of carbonyl (C=O) groups is 4. The zero-order valence-electron chi connectivity index (χ0n) is 17.3. The van der Waals surface area contributed by atoms with Gasteiger partial charge < -0.3 is 21.1 Å². The van der Waals surface area contributed by atoms with Gasteiger partial charge in [0.15, 0.2) is 0 Å². The molecule has 2 heterocycles. The molecule has 1 aliphatic heterocycles. The maximum Gasteiger partial charge on any atom is 0.325 e. The SMILES string of the molecule is COc1ccc2cc(C3(C)NC(=O)N(CC(=O)Nc4sccc4C(N)=O)C3=O)ccc2c1. The van der Waals surface area contributed by atoms with Gasteiger partial charge >= 0.3 is 6.03 Å². The van der Waals surface area contributed by atoms with E-state index in [-0.39, 0.29) is 10.6 Å². The number of methoxy groups -OCH3 is 1. The maximum atomic E-state index is 13.2. The highest BCUT2D eigenvalue weighted by Gasteiger charge is 2.49. The molecule has 1 aliphatic rings. The molecule has 2 aromatic carbocycles. The van der Waals surface area contributed by atoms with Crippen LogP contribution in [-0.2, 0) is 15.1 Å². The number of amides is 5. The van der Waals surface area contributed by atoms with E-state index in [0.717, 1.165) is 27.0 Å². The molecule has 32 heavy (non-hydrogen) atoms. The van der Waals surface area contributed by atoms with E-state index in [1.807, 2.05) is 30.3 Å². The Morgan fingerprint density at radius 3 is 2.59 bits per heavy atom. The van der Waals surface area contributed by atoms with Crippen LogP contribution in [0.15, 0.2) is 47.8 Å². The fourth-order valence-corrected chi connectivity index (χ4v) is 4.42. The lowest BCUT2D eigenvalue weighted by Crippen LogP contribution is -2.42. The Morgan fingerprint density at radius 2 is 1.88 bits per heavy atom. The third kappa shape index (κ3) is 3.65. The second-order valence-electron chi connectivity index (χ2n) is 7.45. The van der Waals surface area contributed by atoms with Gasteiger partial charge in [-0.05, 0) is 52.9 Å². The average Bonchev–Trinajstić information content (AvgIpc) is 3.31. The number of rotatable bonds is 6. The number of primary amides is 1. The van der Waals surface area contributed by atoms with Crippen LogP contribution in [0.1, 0.15) is 22.8 Å². The summed E-state index contributed by atoms with van der Waals surface area (Å²) in [6.45, 7) is 1.10. The predicted molar refractivity (Wildman–Crippen MR) is 120 cm³/mol. The van der Waals surface area contributed by atoms with Crippen LogP contribution in [0.2, 0.25) is 0 Å². The van der Waals surface area contributed by atoms with E-state index in [4.69, 9.17) is 10.5 Å². The molecule has 10 heteroatoms. The van der Waals surface area contributed by atoms with Gasteiger partial charge in [-0.15, -0.1) is 11.3 Å². The summed E-state index contributed by atoms with van der Waals surface area (Å²) in [6.07, 6.45) is 0. The van der Waals surface area contributed by atoms with Gasteiger partial charge in [-0.1, -0.05) is 18.2 Å². The predicted octanol–water partition coefficient (Wildman–Crippen LogP) is 2.41. The Morgan fingerprint density at radius 1 is 1.16 bits per heavy atom. The minimum Gasteiger partial charge on any atom is -0.497 e. The quantitative estimate of drug-likeness (QED) is 0.495. The number of thiophene rings is 1. The van der Waals surface area contributed by atoms with E-state index < -0.39 is 35.8 Å². The summed E-state index contributed by atoms with van der Waals surface area (Å²) in [6, 6.07) is 11.8. The molecule has 1 unspecified atom stereocenters. The Kier molecular flexibility index (Phi) is 5.31. The zero-order valence-corrected chi connectivity index (χ0v) is 18.1. The zero-order chi connectivity index (χ0) is 23.0. The molecule has 3 aromatic rings. The molecule has 4 N–H and O–H groups in total. The number of nitrogens with two attached hydrogens (primary N) is 1. The van der Waals surface area contributed by atoms with Crippen molar-refractivity contribution in [1.82, 2.24) is 10.2 Å². The van der Waals surface area contributed by atoms with Crippen molar-refractivity contribution >= 4 is 50.9 Å². The minimum atomic E-state index is -1.33. The normalized spacial score (nSPS) is 18.0. The summed E-state index contributed by atoms with van der Waals surface area (Å²) in [7, 11) is 1.58. The molecule has 164 valence electrons. The molecular weight excluding hydrogens is 432 g/mol.